The third kappa shape index (κ3) is 1.67. The van der Waals surface area contributed by atoms with Crippen molar-refractivity contribution < 1.29 is 0 Å². The van der Waals surface area contributed by atoms with Gasteiger partial charge in [-0.1, -0.05) is 12.8 Å². The number of H-pyrrole nitrogens is 1. The summed E-state index contributed by atoms with van der Waals surface area (Å²) in [5, 5.41) is 10.5. The van der Waals surface area contributed by atoms with Gasteiger partial charge in [-0.05, 0) is 25.5 Å². The van der Waals surface area contributed by atoms with E-state index in [0.29, 0.717) is 6.04 Å². The molecule has 3 heteroatoms. The predicted molar refractivity (Wildman–Crippen MR) is 47.8 cm³/mol. The molecule has 1 aromatic heterocycles. The summed E-state index contributed by atoms with van der Waals surface area (Å²) in [7, 11) is 0. The van der Waals surface area contributed by atoms with Gasteiger partial charge in [-0.2, -0.15) is 5.10 Å². The van der Waals surface area contributed by atoms with E-state index in [1.807, 2.05) is 6.20 Å². The lowest BCUT2D eigenvalue weighted by atomic mass is 10.1. The monoisotopic (exact) mass is 165 g/mol. The molecular formula is C9H15N3. The van der Waals surface area contributed by atoms with Gasteiger partial charge in [0.15, 0.2) is 0 Å². The smallest absolute Gasteiger partial charge is 0.0521 e. The molecule has 2 rings (SSSR count). The molecule has 0 saturated carbocycles. The zero-order valence-corrected chi connectivity index (χ0v) is 7.21. The van der Waals surface area contributed by atoms with Crippen molar-refractivity contribution in [3.63, 3.8) is 0 Å². The first-order valence-corrected chi connectivity index (χ1v) is 4.69. The van der Waals surface area contributed by atoms with Crippen LogP contribution in [0.2, 0.25) is 0 Å². The summed E-state index contributed by atoms with van der Waals surface area (Å²) < 4.78 is 0. The lowest BCUT2D eigenvalue weighted by Gasteiger charge is -2.12. The Labute approximate surface area is 72.6 Å². The van der Waals surface area contributed by atoms with Gasteiger partial charge in [-0.15, -0.1) is 0 Å². The molecule has 1 fully saturated rings. The Hall–Kier alpha value is -0.830. The highest BCUT2D eigenvalue weighted by Crippen LogP contribution is 2.20. The van der Waals surface area contributed by atoms with Gasteiger partial charge in [0.25, 0.3) is 0 Å². The molecule has 0 bridgehead atoms. The van der Waals surface area contributed by atoms with E-state index < -0.39 is 0 Å². The second-order valence-electron chi connectivity index (χ2n) is 3.37. The maximum Gasteiger partial charge on any atom is 0.0521 e. The molecule has 2 heterocycles. The van der Waals surface area contributed by atoms with E-state index in [1.54, 1.807) is 0 Å². The Bertz CT molecular complexity index is 210. The zero-order chi connectivity index (χ0) is 8.23. The minimum Gasteiger partial charge on any atom is -0.309 e. The standard InChI is InChI=1S/C9H15N3/c1-2-4-8(10-6-3-1)9-5-7-11-12-9/h5,7-8,10H,1-4,6H2,(H,11,12). The van der Waals surface area contributed by atoms with Crippen LogP contribution in [0.5, 0.6) is 0 Å². The third-order valence-electron chi connectivity index (χ3n) is 2.46. The molecule has 0 amide bonds. The fourth-order valence-corrected chi connectivity index (χ4v) is 1.75. The van der Waals surface area contributed by atoms with Crippen LogP contribution in [-0.4, -0.2) is 16.7 Å². The molecule has 1 aliphatic heterocycles. The number of rotatable bonds is 1. The predicted octanol–water partition coefficient (Wildman–Crippen LogP) is 1.61. The Morgan fingerprint density at radius 1 is 1.33 bits per heavy atom. The Morgan fingerprint density at radius 3 is 3.17 bits per heavy atom. The minimum absolute atomic E-state index is 0.509. The fourth-order valence-electron chi connectivity index (χ4n) is 1.75. The number of aromatic nitrogens is 2. The second-order valence-corrected chi connectivity index (χ2v) is 3.37. The largest absolute Gasteiger partial charge is 0.309 e. The van der Waals surface area contributed by atoms with Crippen LogP contribution < -0.4 is 5.32 Å². The number of nitrogens with zero attached hydrogens (tertiary/aromatic N) is 1. The minimum atomic E-state index is 0.509. The quantitative estimate of drug-likeness (QED) is 0.663. The number of nitrogens with one attached hydrogen (secondary N) is 2. The maximum absolute atomic E-state index is 3.96. The molecule has 1 saturated heterocycles. The molecule has 0 radical (unpaired) electrons. The van der Waals surface area contributed by atoms with Crippen LogP contribution in [0.1, 0.15) is 37.4 Å². The van der Waals surface area contributed by atoms with E-state index in [9.17, 15) is 0 Å². The second kappa shape index (κ2) is 3.72. The van der Waals surface area contributed by atoms with E-state index in [4.69, 9.17) is 0 Å². The fraction of sp³-hybridized carbons (Fsp3) is 0.667. The average Bonchev–Trinajstić information content (AvgIpc) is 2.48. The van der Waals surface area contributed by atoms with E-state index in [-0.39, 0.29) is 0 Å². The van der Waals surface area contributed by atoms with Gasteiger partial charge in [-0.25, -0.2) is 0 Å². The molecule has 1 aromatic rings. The van der Waals surface area contributed by atoms with Crippen molar-refractivity contribution in [2.75, 3.05) is 6.54 Å². The van der Waals surface area contributed by atoms with Crippen LogP contribution in [0.3, 0.4) is 0 Å². The van der Waals surface area contributed by atoms with Crippen molar-refractivity contribution in [1.82, 2.24) is 15.5 Å². The highest BCUT2D eigenvalue weighted by molar-refractivity contribution is 5.04. The number of hydrogen-bond donors (Lipinski definition) is 2. The molecule has 66 valence electrons. The van der Waals surface area contributed by atoms with Crippen molar-refractivity contribution in [3.05, 3.63) is 18.0 Å². The first kappa shape index (κ1) is 7.80. The van der Waals surface area contributed by atoms with Crippen LogP contribution in [0.4, 0.5) is 0 Å². The summed E-state index contributed by atoms with van der Waals surface area (Å²) in [6.45, 7) is 1.14. The molecule has 0 aliphatic carbocycles. The van der Waals surface area contributed by atoms with Gasteiger partial charge in [0.2, 0.25) is 0 Å². The maximum atomic E-state index is 3.96. The van der Waals surface area contributed by atoms with Crippen LogP contribution >= 0.6 is 0 Å². The van der Waals surface area contributed by atoms with E-state index in [0.717, 1.165) is 6.54 Å². The van der Waals surface area contributed by atoms with Crippen molar-refractivity contribution in [2.24, 2.45) is 0 Å². The highest BCUT2D eigenvalue weighted by Gasteiger charge is 2.13. The normalized spacial score (nSPS) is 25.2. The highest BCUT2D eigenvalue weighted by atomic mass is 15.1. The van der Waals surface area contributed by atoms with Crippen molar-refractivity contribution in [2.45, 2.75) is 31.7 Å². The van der Waals surface area contributed by atoms with Gasteiger partial charge in [0.1, 0.15) is 0 Å². The average molecular weight is 165 g/mol. The molecule has 3 nitrogen and oxygen atoms in total. The molecule has 0 spiro atoms. The van der Waals surface area contributed by atoms with Crippen LogP contribution in [0.25, 0.3) is 0 Å². The van der Waals surface area contributed by atoms with Crippen molar-refractivity contribution in [3.8, 4) is 0 Å². The summed E-state index contributed by atoms with van der Waals surface area (Å²) in [4.78, 5) is 0. The molecule has 2 N–H and O–H groups in total. The molecule has 1 atom stereocenters. The summed E-state index contributed by atoms with van der Waals surface area (Å²) in [5.41, 5.74) is 1.23. The van der Waals surface area contributed by atoms with Gasteiger partial charge >= 0.3 is 0 Å². The molecule has 1 unspecified atom stereocenters. The number of hydrogen-bond acceptors (Lipinski definition) is 2. The van der Waals surface area contributed by atoms with Crippen molar-refractivity contribution in [1.29, 1.82) is 0 Å². The zero-order valence-electron chi connectivity index (χ0n) is 7.21. The Kier molecular flexibility index (Phi) is 2.42. The van der Waals surface area contributed by atoms with E-state index in [1.165, 1.54) is 31.4 Å². The lowest BCUT2D eigenvalue weighted by molar-refractivity contribution is 0.521. The Morgan fingerprint density at radius 2 is 2.33 bits per heavy atom. The molecular weight excluding hydrogens is 150 g/mol. The molecule has 12 heavy (non-hydrogen) atoms. The third-order valence-corrected chi connectivity index (χ3v) is 2.46. The van der Waals surface area contributed by atoms with Crippen LogP contribution in [0.15, 0.2) is 12.3 Å². The first-order chi connectivity index (χ1) is 5.97. The summed E-state index contributed by atoms with van der Waals surface area (Å²) >= 11 is 0. The van der Waals surface area contributed by atoms with Gasteiger partial charge < -0.3 is 5.32 Å². The molecule has 1 aliphatic rings. The SMILES string of the molecule is c1cc(C2CCCCCN2)[nH]n1. The van der Waals surface area contributed by atoms with E-state index in [2.05, 4.69) is 21.6 Å². The first-order valence-electron chi connectivity index (χ1n) is 4.69. The van der Waals surface area contributed by atoms with Gasteiger partial charge in [-0.3, -0.25) is 5.10 Å². The van der Waals surface area contributed by atoms with E-state index >= 15 is 0 Å². The van der Waals surface area contributed by atoms with Gasteiger partial charge in [0, 0.05) is 12.2 Å². The molecule has 0 aromatic carbocycles. The van der Waals surface area contributed by atoms with Crippen LogP contribution in [-0.2, 0) is 0 Å². The van der Waals surface area contributed by atoms with Crippen LogP contribution in [0, 0.1) is 0 Å². The summed E-state index contributed by atoms with van der Waals surface area (Å²) in [6, 6.07) is 2.57. The topological polar surface area (TPSA) is 40.7 Å². The lowest BCUT2D eigenvalue weighted by Crippen LogP contribution is -2.20. The van der Waals surface area contributed by atoms with Crippen molar-refractivity contribution >= 4 is 0 Å². The number of aromatic amines is 1. The summed E-state index contributed by atoms with van der Waals surface area (Å²) in [6.07, 6.45) is 7.06. The Balaban J connectivity index is 2.02. The van der Waals surface area contributed by atoms with Gasteiger partial charge in [0.05, 0.1) is 5.69 Å². The summed E-state index contributed by atoms with van der Waals surface area (Å²) in [5.74, 6) is 0.